The van der Waals surface area contributed by atoms with Gasteiger partial charge in [0.1, 0.15) is 0 Å². The number of nitro benzene ring substituents is 1. The van der Waals surface area contributed by atoms with Gasteiger partial charge in [-0.25, -0.2) is 0 Å². The molecular weight excluding hydrogens is 329 g/mol. The fraction of sp³-hybridized carbons (Fsp3) is 0.500. The predicted molar refractivity (Wildman–Crippen MR) is 75.7 cm³/mol. The molecule has 0 aliphatic heterocycles. The van der Waals surface area contributed by atoms with Crippen molar-refractivity contribution >= 4 is 18.1 Å². The van der Waals surface area contributed by atoms with E-state index >= 15 is 0 Å². The van der Waals surface area contributed by atoms with E-state index in [1.807, 2.05) is 0 Å². The minimum absolute atomic E-state index is 0. The highest BCUT2D eigenvalue weighted by molar-refractivity contribution is 5.85. The van der Waals surface area contributed by atoms with Gasteiger partial charge in [0.2, 0.25) is 0 Å². The normalized spacial score (nSPS) is 12.3. The topological polar surface area (TPSA) is 87.6 Å². The van der Waals surface area contributed by atoms with E-state index in [1.54, 1.807) is 0 Å². The number of hydrogen-bond donors (Lipinski definition) is 1. The summed E-state index contributed by atoms with van der Waals surface area (Å²) in [5.74, 6) is 0.275. The number of nitrogens with two attached hydrogens (primary N) is 1. The van der Waals surface area contributed by atoms with Crippen LogP contribution in [0.5, 0.6) is 11.5 Å². The lowest BCUT2D eigenvalue weighted by Crippen LogP contribution is -2.17. The van der Waals surface area contributed by atoms with Gasteiger partial charge in [-0.05, 0) is 12.5 Å². The van der Waals surface area contributed by atoms with Crippen LogP contribution in [0.1, 0.15) is 24.4 Å². The molecule has 1 aromatic rings. The molecule has 1 rings (SSSR count). The van der Waals surface area contributed by atoms with E-state index in [1.165, 1.54) is 20.3 Å². The zero-order chi connectivity index (χ0) is 16.2. The molecule has 0 spiro atoms. The summed E-state index contributed by atoms with van der Waals surface area (Å²) in [5.41, 5.74) is 5.23. The Balaban J connectivity index is 0.00000441. The molecule has 0 aliphatic carbocycles. The highest BCUT2D eigenvalue weighted by Crippen LogP contribution is 2.38. The molecule has 2 N–H and O–H groups in total. The summed E-state index contributed by atoms with van der Waals surface area (Å²) >= 11 is 0. The minimum atomic E-state index is -4.37. The molecule has 0 aromatic heterocycles. The Bertz CT molecular complexity index is 526. The van der Waals surface area contributed by atoms with Crippen molar-refractivity contribution in [3.8, 4) is 11.5 Å². The molecule has 0 saturated carbocycles. The van der Waals surface area contributed by atoms with E-state index in [0.717, 1.165) is 6.07 Å². The van der Waals surface area contributed by atoms with E-state index < -0.39 is 35.7 Å². The zero-order valence-electron chi connectivity index (χ0n) is 11.8. The van der Waals surface area contributed by atoms with Crippen LogP contribution < -0.4 is 15.2 Å². The van der Waals surface area contributed by atoms with Crippen molar-refractivity contribution in [2.75, 3.05) is 14.2 Å². The number of hydrogen-bond acceptors (Lipinski definition) is 5. The minimum Gasteiger partial charge on any atom is -0.493 e. The first kappa shape index (κ1) is 20.3. The van der Waals surface area contributed by atoms with E-state index in [-0.39, 0.29) is 29.5 Å². The molecule has 0 fully saturated rings. The molecule has 1 atom stereocenters. The fourth-order valence-electron chi connectivity index (χ4n) is 1.81. The molecule has 0 saturated heterocycles. The van der Waals surface area contributed by atoms with Gasteiger partial charge >= 0.3 is 6.18 Å². The lowest BCUT2D eigenvalue weighted by Gasteiger charge is -2.16. The molecule has 22 heavy (non-hydrogen) atoms. The first-order chi connectivity index (χ1) is 9.69. The van der Waals surface area contributed by atoms with Gasteiger partial charge in [-0.1, -0.05) is 0 Å². The van der Waals surface area contributed by atoms with Crippen molar-refractivity contribution in [2.45, 2.75) is 25.1 Å². The standard InChI is InChI=1S/C12H15F3N2O4.ClH/c1-20-10-5-7(8(16)3-4-12(13,14)15)9(17(18)19)6-11(10)21-2;/h5-6,8H,3-4,16H2,1-2H3;1H/t8-;/m1./s1. The average molecular weight is 345 g/mol. The summed E-state index contributed by atoms with van der Waals surface area (Å²) in [4.78, 5) is 10.3. The van der Waals surface area contributed by atoms with E-state index in [2.05, 4.69) is 0 Å². The monoisotopic (exact) mass is 344 g/mol. The van der Waals surface area contributed by atoms with Gasteiger partial charge in [-0.2, -0.15) is 13.2 Å². The summed E-state index contributed by atoms with van der Waals surface area (Å²) in [6, 6.07) is 1.19. The molecule has 6 nitrogen and oxygen atoms in total. The number of alkyl halides is 3. The molecule has 126 valence electrons. The second-order valence-electron chi connectivity index (χ2n) is 4.28. The Hall–Kier alpha value is -1.74. The smallest absolute Gasteiger partial charge is 0.389 e. The molecule has 0 heterocycles. The maximum Gasteiger partial charge on any atom is 0.389 e. The van der Waals surface area contributed by atoms with Crippen LogP contribution in [0.2, 0.25) is 0 Å². The zero-order valence-corrected chi connectivity index (χ0v) is 12.7. The Kier molecular flexibility index (Phi) is 7.41. The van der Waals surface area contributed by atoms with Gasteiger partial charge in [0.15, 0.2) is 11.5 Å². The van der Waals surface area contributed by atoms with Gasteiger partial charge in [0.25, 0.3) is 5.69 Å². The van der Waals surface area contributed by atoms with E-state index in [9.17, 15) is 23.3 Å². The largest absolute Gasteiger partial charge is 0.493 e. The maximum atomic E-state index is 12.2. The van der Waals surface area contributed by atoms with Crippen LogP contribution in [0.25, 0.3) is 0 Å². The Morgan fingerprint density at radius 3 is 2.18 bits per heavy atom. The maximum absolute atomic E-state index is 12.2. The quantitative estimate of drug-likeness (QED) is 0.631. The summed E-state index contributed by atoms with van der Waals surface area (Å²) in [7, 11) is 2.61. The van der Waals surface area contributed by atoms with Crippen molar-refractivity contribution in [1.29, 1.82) is 0 Å². The number of nitro groups is 1. The predicted octanol–water partition coefficient (Wildman–Crippen LogP) is 3.38. The van der Waals surface area contributed by atoms with Gasteiger partial charge < -0.3 is 15.2 Å². The van der Waals surface area contributed by atoms with Crippen LogP contribution in [0.3, 0.4) is 0 Å². The van der Waals surface area contributed by atoms with Crippen molar-refractivity contribution < 1.29 is 27.6 Å². The third-order valence-corrected chi connectivity index (χ3v) is 2.87. The summed E-state index contributed by atoms with van der Waals surface area (Å²) in [5, 5.41) is 11.0. The van der Waals surface area contributed by atoms with Crippen molar-refractivity contribution in [1.82, 2.24) is 0 Å². The van der Waals surface area contributed by atoms with Crippen molar-refractivity contribution in [3.63, 3.8) is 0 Å². The first-order valence-electron chi connectivity index (χ1n) is 5.92. The van der Waals surface area contributed by atoms with E-state index in [0.29, 0.717) is 0 Å². The number of rotatable bonds is 6. The number of benzene rings is 1. The molecule has 0 bridgehead atoms. The summed E-state index contributed by atoms with van der Waals surface area (Å²) in [6.45, 7) is 0. The number of halogens is 4. The van der Waals surface area contributed by atoms with Crippen LogP contribution >= 0.6 is 12.4 Å². The van der Waals surface area contributed by atoms with E-state index in [4.69, 9.17) is 15.2 Å². The van der Waals surface area contributed by atoms with Gasteiger partial charge in [-0.15, -0.1) is 12.4 Å². The third-order valence-electron chi connectivity index (χ3n) is 2.87. The number of ether oxygens (including phenoxy) is 2. The first-order valence-corrected chi connectivity index (χ1v) is 5.92. The second kappa shape index (κ2) is 8.04. The van der Waals surface area contributed by atoms with Crippen LogP contribution in [0.15, 0.2) is 12.1 Å². The lowest BCUT2D eigenvalue weighted by molar-refractivity contribution is -0.385. The third kappa shape index (κ3) is 5.23. The van der Waals surface area contributed by atoms with Gasteiger partial charge in [-0.3, -0.25) is 10.1 Å². The Morgan fingerprint density at radius 2 is 1.77 bits per heavy atom. The van der Waals surface area contributed by atoms with Gasteiger partial charge in [0, 0.05) is 12.5 Å². The highest BCUT2D eigenvalue weighted by atomic mass is 35.5. The molecule has 10 heteroatoms. The number of nitrogens with zero attached hydrogens (tertiary/aromatic N) is 1. The van der Waals surface area contributed by atoms with Crippen LogP contribution in [-0.2, 0) is 0 Å². The molecule has 0 radical (unpaired) electrons. The molecule has 0 unspecified atom stereocenters. The molecule has 0 amide bonds. The van der Waals surface area contributed by atoms with Crippen LogP contribution in [0, 0.1) is 10.1 Å². The Labute approximate surface area is 130 Å². The molecular formula is C12H16ClF3N2O4. The SMILES string of the molecule is COc1cc([C@H](N)CCC(F)(F)F)c([N+](=O)[O-])cc1OC.Cl. The molecule has 0 aliphatic rings. The second-order valence-corrected chi connectivity index (χ2v) is 4.28. The average Bonchev–Trinajstić information content (AvgIpc) is 2.42. The summed E-state index contributed by atoms with van der Waals surface area (Å²) in [6.07, 6.45) is -5.96. The summed E-state index contributed by atoms with van der Waals surface area (Å²) < 4.78 is 46.6. The fourth-order valence-corrected chi connectivity index (χ4v) is 1.81. The van der Waals surface area contributed by atoms with Crippen LogP contribution in [-0.4, -0.2) is 25.3 Å². The lowest BCUT2D eigenvalue weighted by atomic mass is 10.00. The number of methoxy groups -OCH3 is 2. The highest BCUT2D eigenvalue weighted by Gasteiger charge is 2.30. The van der Waals surface area contributed by atoms with Crippen molar-refractivity contribution in [2.24, 2.45) is 5.73 Å². The van der Waals surface area contributed by atoms with Crippen LogP contribution in [0.4, 0.5) is 18.9 Å². The van der Waals surface area contributed by atoms with Gasteiger partial charge in [0.05, 0.1) is 30.8 Å². The molecule has 1 aromatic carbocycles. The Morgan fingerprint density at radius 1 is 1.27 bits per heavy atom. The van der Waals surface area contributed by atoms with Crippen molar-refractivity contribution in [3.05, 3.63) is 27.8 Å².